The van der Waals surface area contributed by atoms with Crippen LogP contribution in [0.1, 0.15) is 27.9 Å². The second-order valence-corrected chi connectivity index (χ2v) is 8.60. The average molecular weight is 479 g/mol. The number of nitrogens with one attached hydrogen (secondary N) is 2. The molecule has 9 heteroatoms. The molecule has 0 bridgehead atoms. The summed E-state index contributed by atoms with van der Waals surface area (Å²) in [6.07, 6.45) is 1.43. The number of hydrogen-bond acceptors (Lipinski definition) is 4. The third kappa shape index (κ3) is 7.67. The van der Waals surface area contributed by atoms with Crippen LogP contribution >= 0.6 is 23.2 Å². The van der Waals surface area contributed by atoms with Gasteiger partial charge in [0.05, 0.1) is 22.8 Å². The van der Waals surface area contributed by atoms with Crippen molar-refractivity contribution in [1.29, 1.82) is 0 Å². The Hall–Kier alpha value is -2.32. The molecule has 1 atom stereocenters. The second kappa shape index (κ2) is 12.1. The lowest BCUT2D eigenvalue weighted by Crippen LogP contribution is -2.48. The van der Waals surface area contributed by atoms with Crippen LogP contribution in [0.5, 0.6) is 0 Å². The number of nitrogens with zero attached hydrogens (tertiary/aromatic N) is 1. The van der Waals surface area contributed by atoms with Crippen molar-refractivity contribution in [2.45, 2.75) is 25.5 Å². The first-order valence-electron chi connectivity index (χ1n) is 10.6. The summed E-state index contributed by atoms with van der Waals surface area (Å²) in [6.45, 7) is 3.86. The molecule has 2 aromatic rings. The van der Waals surface area contributed by atoms with Gasteiger partial charge in [-0.05, 0) is 48.2 Å². The first kappa shape index (κ1) is 24.3. The topological polar surface area (TPSA) is 96.7 Å². The average Bonchev–Trinajstić information content (AvgIpc) is 2.78. The molecule has 4 N–H and O–H groups in total. The smallest absolute Gasteiger partial charge is 0.314 e. The molecule has 0 aromatic heterocycles. The van der Waals surface area contributed by atoms with Crippen molar-refractivity contribution >= 4 is 35.1 Å². The molecule has 1 saturated heterocycles. The Labute approximate surface area is 198 Å². The number of amides is 3. The van der Waals surface area contributed by atoms with Crippen LogP contribution in [0, 0.1) is 0 Å². The highest BCUT2D eigenvalue weighted by atomic mass is 35.5. The standard InChI is InChI=1S/C23H28Cl2N4O3/c24-20-7-6-17(12-21(20)25)14-29-9-10-32-19(15-29)13-28-23(31)27-8-2-4-16-3-1-5-18(11-16)22(26)30/h1,3,5-7,11-12,19H,2,4,8-10,13-15H2,(H2,26,30)(H2,27,28,31). The maximum absolute atomic E-state index is 12.1. The van der Waals surface area contributed by atoms with Crippen molar-refractivity contribution in [3.05, 3.63) is 69.2 Å². The molecule has 1 unspecified atom stereocenters. The summed E-state index contributed by atoms with van der Waals surface area (Å²) in [5.74, 6) is -0.440. The molecule has 1 heterocycles. The monoisotopic (exact) mass is 478 g/mol. The van der Waals surface area contributed by atoms with Crippen molar-refractivity contribution in [2.24, 2.45) is 5.73 Å². The number of hydrogen-bond donors (Lipinski definition) is 3. The van der Waals surface area contributed by atoms with Crippen molar-refractivity contribution in [3.63, 3.8) is 0 Å². The molecule has 0 radical (unpaired) electrons. The third-order valence-corrected chi connectivity index (χ3v) is 5.98. The van der Waals surface area contributed by atoms with E-state index in [2.05, 4.69) is 15.5 Å². The fourth-order valence-corrected chi connectivity index (χ4v) is 3.91. The highest BCUT2D eigenvalue weighted by Crippen LogP contribution is 2.23. The largest absolute Gasteiger partial charge is 0.374 e. The molecule has 0 aliphatic carbocycles. The minimum absolute atomic E-state index is 0.0752. The first-order chi connectivity index (χ1) is 15.4. The number of rotatable bonds is 9. The van der Waals surface area contributed by atoms with Gasteiger partial charge in [-0.1, -0.05) is 41.4 Å². The van der Waals surface area contributed by atoms with Gasteiger partial charge in [-0.25, -0.2) is 4.79 Å². The number of nitrogens with two attached hydrogens (primary N) is 1. The summed E-state index contributed by atoms with van der Waals surface area (Å²) in [7, 11) is 0. The quantitative estimate of drug-likeness (QED) is 0.482. The molecule has 1 aliphatic heterocycles. The van der Waals surface area contributed by atoms with Gasteiger partial charge in [-0.15, -0.1) is 0 Å². The number of ether oxygens (including phenoxy) is 1. The molecule has 172 valence electrons. The van der Waals surface area contributed by atoms with Crippen molar-refractivity contribution < 1.29 is 14.3 Å². The van der Waals surface area contributed by atoms with Crippen LogP contribution in [0.25, 0.3) is 0 Å². The zero-order valence-electron chi connectivity index (χ0n) is 17.8. The van der Waals surface area contributed by atoms with Gasteiger partial charge in [0.25, 0.3) is 0 Å². The van der Waals surface area contributed by atoms with E-state index in [4.69, 9.17) is 33.7 Å². The minimum atomic E-state index is -0.440. The van der Waals surface area contributed by atoms with E-state index in [1.165, 1.54) is 0 Å². The number of halogens is 2. The number of aryl methyl sites for hydroxylation is 1. The Kier molecular flexibility index (Phi) is 9.17. The highest BCUT2D eigenvalue weighted by molar-refractivity contribution is 6.42. The number of morpholine rings is 1. The molecule has 0 spiro atoms. The maximum atomic E-state index is 12.1. The van der Waals surface area contributed by atoms with Gasteiger partial charge in [0.15, 0.2) is 0 Å². The molecule has 1 fully saturated rings. The Morgan fingerprint density at radius 3 is 2.72 bits per heavy atom. The van der Waals surface area contributed by atoms with Crippen molar-refractivity contribution in [1.82, 2.24) is 15.5 Å². The van der Waals surface area contributed by atoms with E-state index >= 15 is 0 Å². The number of carbonyl (C=O) groups excluding carboxylic acids is 2. The van der Waals surface area contributed by atoms with Gasteiger partial charge in [-0.2, -0.15) is 0 Å². The lowest BCUT2D eigenvalue weighted by atomic mass is 10.1. The zero-order chi connectivity index (χ0) is 22.9. The van der Waals surface area contributed by atoms with Gasteiger partial charge in [-0.3, -0.25) is 9.69 Å². The summed E-state index contributed by atoms with van der Waals surface area (Å²) in [5, 5.41) is 6.82. The number of carbonyl (C=O) groups is 2. The molecule has 3 amide bonds. The fraction of sp³-hybridized carbons (Fsp3) is 0.391. The third-order valence-electron chi connectivity index (χ3n) is 5.24. The molecule has 3 rings (SSSR count). The van der Waals surface area contributed by atoms with Crippen LogP contribution in [-0.2, 0) is 17.7 Å². The van der Waals surface area contributed by atoms with E-state index in [0.717, 1.165) is 43.6 Å². The fourth-order valence-electron chi connectivity index (χ4n) is 3.59. The molecule has 7 nitrogen and oxygen atoms in total. The van der Waals surface area contributed by atoms with E-state index in [0.29, 0.717) is 35.3 Å². The lowest BCUT2D eigenvalue weighted by Gasteiger charge is -2.33. The molecule has 32 heavy (non-hydrogen) atoms. The molecular weight excluding hydrogens is 451 g/mol. The normalized spacial score (nSPS) is 16.5. The van der Waals surface area contributed by atoms with Crippen molar-refractivity contribution in [3.8, 4) is 0 Å². The van der Waals surface area contributed by atoms with Crippen LogP contribution in [0.2, 0.25) is 10.0 Å². The van der Waals surface area contributed by atoms with Gasteiger partial charge >= 0.3 is 6.03 Å². The predicted molar refractivity (Wildman–Crippen MR) is 126 cm³/mol. The van der Waals surface area contributed by atoms with E-state index in [1.54, 1.807) is 18.2 Å². The first-order valence-corrected chi connectivity index (χ1v) is 11.3. The van der Waals surface area contributed by atoms with Crippen molar-refractivity contribution in [2.75, 3.05) is 32.8 Å². The van der Waals surface area contributed by atoms with Crippen LogP contribution in [0.15, 0.2) is 42.5 Å². The summed E-state index contributed by atoms with van der Waals surface area (Å²) in [6, 6.07) is 12.7. The molecule has 2 aromatic carbocycles. The van der Waals surface area contributed by atoms with Gasteiger partial charge < -0.3 is 21.1 Å². The SMILES string of the molecule is NC(=O)c1cccc(CCCNC(=O)NCC2CN(Cc3ccc(Cl)c(Cl)c3)CCO2)c1. The van der Waals surface area contributed by atoms with Gasteiger partial charge in [0.2, 0.25) is 5.91 Å². The molecule has 1 aliphatic rings. The Bertz CT molecular complexity index is 941. The number of primary amides is 1. The van der Waals surface area contributed by atoms with Crippen LogP contribution in [0.3, 0.4) is 0 Å². The molecule has 0 saturated carbocycles. The van der Waals surface area contributed by atoms with E-state index in [9.17, 15) is 9.59 Å². The zero-order valence-corrected chi connectivity index (χ0v) is 19.3. The van der Waals surface area contributed by atoms with E-state index in [1.807, 2.05) is 24.3 Å². The summed E-state index contributed by atoms with van der Waals surface area (Å²) < 4.78 is 5.78. The van der Waals surface area contributed by atoms with Gasteiger partial charge in [0, 0.05) is 38.3 Å². The summed E-state index contributed by atoms with van der Waals surface area (Å²) in [5.41, 5.74) is 7.90. The summed E-state index contributed by atoms with van der Waals surface area (Å²) >= 11 is 12.1. The number of urea groups is 1. The van der Waals surface area contributed by atoms with E-state index in [-0.39, 0.29) is 12.1 Å². The van der Waals surface area contributed by atoms with Crippen LogP contribution in [-0.4, -0.2) is 55.7 Å². The van der Waals surface area contributed by atoms with E-state index < -0.39 is 5.91 Å². The highest BCUT2D eigenvalue weighted by Gasteiger charge is 2.21. The lowest BCUT2D eigenvalue weighted by molar-refractivity contribution is -0.0287. The maximum Gasteiger partial charge on any atom is 0.314 e. The Morgan fingerprint density at radius 2 is 1.94 bits per heavy atom. The number of benzene rings is 2. The van der Waals surface area contributed by atoms with Gasteiger partial charge in [0.1, 0.15) is 0 Å². The molecular formula is C23H28Cl2N4O3. The predicted octanol–water partition coefficient (Wildman–Crippen LogP) is 3.23. The van der Waals surface area contributed by atoms with Crippen LogP contribution < -0.4 is 16.4 Å². The Morgan fingerprint density at radius 1 is 1.09 bits per heavy atom. The summed E-state index contributed by atoms with van der Waals surface area (Å²) in [4.78, 5) is 25.6. The minimum Gasteiger partial charge on any atom is -0.374 e. The van der Waals surface area contributed by atoms with Crippen LogP contribution in [0.4, 0.5) is 4.79 Å². The second-order valence-electron chi connectivity index (χ2n) is 7.78. The Balaban J connectivity index is 1.34.